The Balaban J connectivity index is 1.80. The molecule has 0 radical (unpaired) electrons. The second-order valence-corrected chi connectivity index (χ2v) is 9.76. The van der Waals surface area contributed by atoms with E-state index in [1.54, 1.807) is 19.2 Å². The number of aryl methyl sites for hydroxylation is 3. The second kappa shape index (κ2) is 8.31. The van der Waals surface area contributed by atoms with Crippen molar-refractivity contribution in [2.24, 2.45) is 0 Å². The molecule has 0 aliphatic rings. The van der Waals surface area contributed by atoms with Gasteiger partial charge in [-0.15, -0.1) is 0 Å². The Labute approximate surface area is 188 Å². The highest BCUT2D eigenvalue weighted by molar-refractivity contribution is 7.92. The Kier molecular flexibility index (Phi) is 5.69. The van der Waals surface area contributed by atoms with Crippen molar-refractivity contribution in [3.8, 4) is 5.75 Å². The van der Waals surface area contributed by atoms with Crippen LogP contribution in [0.25, 0.3) is 11.0 Å². The van der Waals surface area contributed by atoms with Gasteiger partial charge in [0.15, 0.2) is 0 Å². The summed E-state index contributed by atoms with van der Waals surface area (Å²) in [6, 6.07) is 16.8. The summed E-state index contributed by atoms with van der Waals surface area (Å²) in [5, 5.41) is 0. The van der Waals surface area contributed by atoms with E-state index in [0.717, 1.165) is 22.5 Å². The monoisotopic (exact) mass is 449 g/mol. The van der Waals surface area contributed by atoms with Crippen molar-refractivity contribution in [2.45, 2.75) is 39.1 Å². The highest BCUT2D eigenvalue weighted by atomic mass is 32.2. The van der Waals surface area contributed by atoms with Crippen LogP contribution in [-0.4, -0.2) is 25.1 Å². The number of fused-ring (bicyclic) bond motifs is 1. The number of sulfonamides is 1. The first kappa shape index (κ1) is 21.9. The van der Waals surface area contributed by atoms with Crippen molar-refractivity contribution in [2.75, 3.05) is 11.8 Å². The number of rotatable bonds is 6. The molecule has 0 amide bonds. The minimum absolute atomic E-state index is 0.170. The number of hydrogen-bond donors (Lipinski definition) is 1. The summed E-state index contributed by atoms with van der Waals surface area (Å²) in [5.41, 5.74) is 6.29. The molecule has 1 N–H and O–H groups in total. The number of methoxy groups -OCH3 is 1. The summed E-state index contributed by atoms with van der Waals surface area (Å²) >= 11 is 0. The van der Waals surface area contributed by atoms with Gasteiger partial charge in [0.1, 0.15) is 17.1 Å². The highest BCUT2D eigenvalue weighted by Gasteiger charge is 2.21. The molecule has 1 heterocycles. The Hall–Kier alpha value is -3.32. The Morgan fingerprint density at radius 2 is 1.72 bits per heavy atom. The number of aromatic nitrogens is 2. The van der Waals surface area contributed by atoms with Crippen molar-refractivity contribution in [3.05, 3.63) is 82.7 Å². The standard InChI is InChI=1S/C25H27N3O3S/c1-16-7-6-8-20(13-16)15-28-19(4)26-25-23(28)14-17(2)18(3)24(25)27-32(29,30)22-11-9-21(31-5)10-12-22/h6-14,27H,15H2,1-5H3. The topological polar surface area (TPSA) is 73.2 Å². The lowest BCUT2D eigenvalue weighted by Gasteiger charge is -2.15. The Morgan fingerprint density at radius 3 is 2.38 bits per heavy atom. The van der Waals surface area contributed by atoms with Crippen LogP contribution >= 0.6 is 0 Å². The van der Waals surface area contributed by atoms with Gasteiger partial charge in [-0.25, -0.2) is 13.4 Å². The summed E-state index contributed by atoms with van der Waals surface area (Å²) in [6.45, 7) is 8.58. The van der Waals surface area contributed by atoms with Gasteiger partial charge in [0.05, 0.1) is 23.2 Å². The van der Waals surface area contributed by atoms with E-state index in [-0.39, 0.29) is 4.90 Å². The third-order valence-electron chi connectivity index (χ3n) is 5.78. The predicted octanol–water partition coefficient (Wildman–Crippen LogP) is 5.13. The lowest BCUT2D eigenvalue weighted by atomic mass is 10.1. The van der Waals surface area contributed by atoms with Crippen molar-refractivity contribution in [1.29, 1.82) is 0 Å². The van der Waals surface area contributed by atoms with Gasteiger partial charge >= 0.3 is 0 Å². The van der Waals surface area contributed by atoms with Gasteiger partial charge in [-0.3, -0.25) is 4.72 Å². The van der Waals surface area contributed by atoms with Gasteiger partial charge in [0.25, 0.3) is 10.0 Å². The molecule has 3 aromatic carbocycles. The van der Waals surface area contributed by atoms with E-state index < -0.39 is 10.0 Å². The van der Waals surface area contributed by atoms with E-state index >= 15 is 0 Å². The smallest absolute Gasteiger partial charge is 0.261 e. The summed E-state index contributed by atoms with van der Waals surface area (Å²) in [4.78, 5) is 4.92. The maximum atomic E-state index is 13.1. The van der Waals surface area contributed by atoms with Crippen LogP contribution in [-0.2, 0) is 16.6 Å². The molecule has 0 fully saturated rings. The molecule has 4 rings (SSSR count). The normalized spacial score (nSPS) is 11.7. The van der Waals surface area contributed by atoms with Crippen LogP contribution < -0.4 is 9.46 Å². The largest absolute Gasteiger partial charge is 0.497 e. The van der Waals surface area contributed by atoms with Crippen molar-refractivity contribution in [1.82, 2.24) is 9.55 Å². The highest BCUT2D eigenvalue weighted by Crippen LogP contribution is 2.32. The summed E-state index contributed by atoms with van der Waals surface area (Å²) in [7, 11) is -2.25. The molecule has 7 heteroatoms. The van der Waals surface area contributed by atoms with E-state index in [4.69, 9.17) is 9.72 Å². The zero-order chi connectivity index (χ0) is 23.0. The van der Waals surface area contributed by atoms with Gasteiger partial charge in [0.2, 0.25) is 0 Å². The van der Waals surface area contributed by atoms with Crippen LogP contribution in [0.4, 0.5) is 5.69 Å². The molecule has 0 spiro atoms. The average Bonchev–Trinajstić information content (AvgIpc) is 3.06. The van der Waals surface area contributed by atoms with E-state index in [2.05, 4.69) is 40.5 Å². The fourth-order valence-electron chi connectivity index (χ4n) is 3.87. The Bertz CT molecular complexity index is 1400. The minimum Gasteiger partial charge on any atom is -0.497 e. The summed E-state index contributed by atoms with van der Waals surface area (Å²) < 4.78 is 36.3. The van der Waals surface area contributed by atoms with Gasteiger partial charge in [-0.05, 0) is 74.7 Å². The molecule has 1 aromatic heterocycles. The molecule has 0 unspecified atom stereocenters. The molecule has 4 aromatic rings. The van der Waals surface area contributed by atoms with E-state index in [1.807, 2.05) is 26.8 Å². The fraction of sp³-hybridized carbons (Fsp3) is 0.240. The first-order valence-electron chi connectivity index (χ1n) is 10.4. The molecule has 6 nitrogen and oxygen atoms in total. The molecule has 0 aliphatic heterocycles. The van der Waals surface area contributed by atoms with Crippen LogP contribution in [0.2, 0.25) is 0 Å². The summed E-state index contributed by atoms with van der Waals surface area (Å²) in [5.74, 6) is 1.43. The maximum absolute atomic E-state index is 13.1. The van der Waals surface area contributed by atoms with E-state index in [0.29, 0.717) is 23.5 Å². The van der Waals surface area contributed by atoms with Crippen molar-refractivity contribution >= 4 is 26.7 Å². The molecule has 0 saturated heterocycles. The second-order valence-electron chi connectivity index (χ2n) is 8.08. The van der Waals surface area contributed by atoms with E-state index in [1.165, 1.54) is 23.3 Å². The van der Waals surface area contributed by atoms with Crippen LogP contribution in [0.1, 0.15) is 28.1 Å². The van der Waals surface area contributed by atoms with Gasteiger partial charge < -0.3 is 9.30 Å². The SMILES string of the molecule is COc1ccc(S(=O)(=O)Nc2c(C)c(C)cc3c2nc(C)n3Cc2cccc(C)c2)cc1. The maximum Gasteiger partial charge on any atom is 0.261 e. The molecule has 0 aliphatic carbocycles. The van der Waals surface area contributed by atoms with Crippen LogP contribution in [0, 0.1) is 27.7 Å². The van der Waals surface area contributed by atoms with Crippen molar-refractivity contribution in [3.63, 3.8) is 0 Å². The predicted molar refractivity (Wildman–Crippen MR) is 128 cm³/mol. The van der Waals surface area contributed by atoms with Crippen LogP contribution in [0.5, 0.6) is 5.75 Å². The molecule has 0 bridgehead atoms. The average molecular weight is 450 g/mol. The number of nitrogens with one attached hydrogen (secondary N) is 1. The number of hydrogen-bond acceptors (Lipinski definition) is 4. The zero-order valence-corrected chi connectivity index (χ0v) is 19.7. The van der Waals surface area contributed by atoms with Crippen molar-refractivity contribution < 1.29 is 13.2 Å². The van der Waals surface area contributed by atoms with Gasteiger partial charge in [0, 0.05) is 6.54 Å². The number of ether oxygens (including phenoxy) is 1. The third kappa shape index (κ3) is 4.08. The summed E-state index contributed by atoms with van der Waals surface area (Å²) in [6.07, 6.45) is 0. The van der Waals surface area contributed by atoms with Crippen LogP contribution in [0.3, 0.4) is 0 Å². The number of anilines is 1. The molecular formula is C25H27N3O3S. The molecule has 32 heavy (non-hydrogen) atoms. The number of nitrogens with zero attached hydrogens (tertiary/aromatic N) is 2. The molecular weight excluding hydrogens is 422 g/mol. The number of imidazole rings is 1. The lowest BCUT2D eigenvalue weighted by Crippen LogP contribution is -2.14. The zero-order valence-electron chi connectivity index (χ0n) is 18.9. The Morgan fingerprint density at radius 1 is 1.00 bits per heavy atom. The van der Waals surface area contributed by atoms with Crippen LogP contribution in [0.15, 0.2) is 59.5 Å². The third-order valence-corrected chi connectivity index (χ3v) is 7.15. The fourth-order valence-corrected chi connectivity index (χ4v) is 5.00. The minimum atomic E-state index is -3.79. The first-order chi connectivity index (χ1) is 15.2. The lowest BCUT2D eigenvalue weighted by molar-refractivity contribution is 0.414. The molecule has 166 valence electrons. The molecule has 0 atom stereocenters. The van der Waals surface area contributed by atoms with Gasteiger partial charge in [-0.1, -0.05) is 29.8 Å². The number of benzene rings is 3. The first-order valence-corrected chi connectivity index (χ1v) is 11.9. The quantitative estimate of drug-likeness (QED) is 0.443. The van der Waals surface area contributed by atoms with E-state index in [9.17, 15) is 8.42 Å². The van der Waals surface area contributed by atoms with Gasteiger partial charge in [-0.2, -0.15) is 0 Å². The molecule has 0 saturated carbocycles.